The number of benzene rings is 1. The first-order valence-electron chi connectivity index (χ1n) is 5.77. The number of nitrogens with two attached hydrogens (primary N) is 2. The van der Waals surface area contributed by atoms with E-state index in [1.165, 1.54) is 0 Å². The van der Waals surface area contributed by atoms with E-state index >= 15 is 0 Å². The van der Waals surface area contributed by atoms with Crippen LogP contribution < -0.4 is 16.2 Å². The van der Waals surface area contributed by atoms with Gasteiger partial charge >= 0.3 is 0 Å². The Bertz CT molecular complexity index is 737. The van der Waals surface area contributed by atoms with E-state index in [2.05, 4.69) is 9.97 Å². The third kappa shape index (κ3) is 2.01. The molecule has 0 aliphatic rings. The van der Waals surface area contributed by atoms with E-state index in [4.69, 9.17) is 16.2 Å². The second kappa shape index (κ2) is 4.45. The first-order chi connectivity index (χ1) is 9.25. The molecular weight excluding hydrogens is 240 g/mol. The Morgan fingerprint density at radius 3 is 2.63 bits per heavy atom. The van der Waals surface area contributed by atoms with Crippen LogP contribution in [0.25, 0.3) is 10.9 Å². The lowest BCUT2D eigenvalue weighted by molar-refractivity contribution is 0.490. The van der Waals surface area contributed by atoms with Crippen LogP contribution in [0.1, 0.15) is 0 Å². The minimum absolute atomic E-state index is 0.260. The molecule has 5 nitrogen and oxygen atoms in total. The van der Waals surface area contributed by atoms with Gasteiger partial charge in [0, 0.05) is 23.8 Å². The molecule has 0 radical (unpaired) electrons. The van der Waals surface area contributed by atoms with Gasteiger partial charge in [-0.05, 0) is 24.3 Å². The fourth-order valence-corrected chi connectivity index (χ4v) is 1.84. The van der Waals surface area contributed by atoms with Crippen LogP contribution >= 0.6 is 0 Å². The molecule has 2 aromatic heterocycles. The highest BCUT2D eigenvalue weighted by Gasteiger charge is 2.08. The minimum Gasteiger partial charge on any atom is -0.454 e. The molecule has 0 atom stereocenters. The molecule has 3 aromatic rings. The summed E-state index contributed by atoms with van der Waals surface area (Å²) < 4.78 is 5.82. The largest absolute Gasteiger partial charge is 0.454 e. The standard InChI is InChI=1S/C14H12N4O/c15-13-12(6-8-18-14(13)16)19-11-5-1-4-10-9(11)3-2-7-17-10/h1-8H,15H2,(H2,16,18). The van der Waals surface area contributed by atoms with Gasteiger partial charge < -0.3 is 16.2 Å². The van der Waals surface area contributed by atoms with Crippen molar-refractivity contribution in [3.05, 3.63) is 48.8 Å². The van der Waals surface area contributed by atoms with Gasteiger partial charge in [-0.3, -0.25) is 4.98 Å². The summed E-state index contributed by atoms with van der Waals surface area (Å²) in [6.07, 6.45) is 3.30. The Morgan fingerprint density at radius 2 is 1.74 bits per heavy atom. The predicted molar refractivity (Wildman–Crippen MR) is 74.9 cm³/mol. The Hall–Kier alpha value is -2.82. The van der Waals surface area contributed by atoms with E-state index in [-0.39, 0.29) is 5.82 Å². The maximum Gasteiger partial charge on any atom is 0.155 e. The van der Waals surface area contributed by atoms with Gasteiger partial charge in [0.05, 0.1) is 5.52 Å². The number of hydrogen-bond acceptors (Lipinski definition) is 5. The predicted octanol–water partition coefficient (Wildman–Crippen LogP) is 2.59. The Morgan fingerprint density at radius 1 is 0.842 bits per heavy atom. The quantitative estimate of drug-likeness (QED) is 0.732. The van der Waals surface area contributed by atoms with Gasteiger partial charge in [0.15, 0.2) is 5.75 Å². The highest BCUT2D eigenvalue weighted by molar-refractivity contribution is 5.85. The molecule has 0 spiro atoms. The van der Waals surface area contributed by atoms with Crippen molar-refractivity contribution in [2.24, 2.45) is 0 Å². The van der Waals surface area contributed by atoms with Crippen LogP contribution in [0.3, 0.4) is 0 Å². The summed E-state index contributed by atoms with van der Waals surface area (Å²) in [7, 11) is 0. The van der Waals surface area contributed by atoms with Crippen LogP contribution in [0.5, 0.6) is 11.5 Å². The van der Waals surface area contributed by atoms with Crippen LogP contribution in [0.15, 0.2) is 48.8 Å². The number of rotatable bonds is 2. The van der Waals surface area contributed by atoms with Crippen molar-refractivity contribution in [2.45, 2.75) is 0 Å². The molecule has 94 valence electrons. The third-order valence-electron chi connectivity index (χ3n) is 2.81. The second-order valence-corrected chi connectivity index (χ2v) is 4.04. The maximum absolute atomic E-state index is 5.85. The summed E-state index contributed by atoms with van der Waals surface area (Å²) in [6.45, 7) is 0. The zero-order valence-electron chi connectivity index (χ0n) is 10.1. The molecule has 0 amide bonds. The maximum atomic E-state index is 5.85. The van der Waals surface area contributed by atoms with Crippen LogP contribution in [0.4, 0.5) is 11.5 Å². The molecule has 0 unspecified atom stereocenters. The number of fused-ring (bicyclic) bond motifs is 1. The molecule has 0 aliphatic carbocycles. The molecule has 19 heavy (non-hydrogen) atoms. The van der Waals surface area contributed by atoms with E-state index in [0.717, 1.165) is 10.9 Å². The van der Waals surface area contributed by atoms with E-state index in [1.54, 1.807) is 18.5 Å². The molecule has 3 rings (SSSR count). The smallest absolute Gasteiger partial charge is 0.155 e. The second-order valence-electron chi connectivity index (χ2n) is 4.04. The Balaban J connectivity index is 2.09. The molecule has 1 aromatic carbocycles. The highest BCUT2D eigenvalue weighted by atomic mass is 16.5. The van der Waals surface area contributed by atoms with Crippen LogP contribution in [-0.2, 0) is 0 Å². The van der Waals surface area contributed by atoms with Crippen molar-refractivity contribution in [2.75, 3.05) is 11.5 Å². The molecule has 0 saturated heterocycles. The summed E-state index contributed by atoms with van der Waals surface area (Å²) >= 11 is 0. The SMILES string of the molecule is Nc1nccc(Oc2cccc3ncccc23)c1N. The number of nitrogens with zero attached hydrogens (tertiary/aromatic N) is 2. The lowest BCUT2D eigenvalue weighted by Crippen LogP contribution is -2.00. The van der Waals surface area contributed by atoms with Crippen molar-refractivity contribution < 1.29 is 4.74 Å². The number of aromatic nitrogens is 2. The van der Waals surface area contributed by atoms with Crippen molar-refractivity contribution in [1.29, 1.82) is 0 Å². The van der Waals surface area contributed by atoms with Gasteiger partial charge in [-0.1, -0.05) is 6.07 Å². The monoisotopic (exact) mass is 252 g/mol. The Labute approximate surface area is 109 Å². The van der Waals surface area contributed by atoms with E-state index < -0.39 is 0 Å². The van der Waals surface area contributed by atoms with Gasteiger partial charge in [-0.15, -0.1) is 0 Å². The molecular formula is C14H12N4O. The van der Waals surface area contributed by atoms with Crippen LogP contribution in [-0.4, -0.2) is 9.97 Å². The molecule has 0 aliphatic heterocycles. The lowest BCUT2D eigenvalue weighted by atomic mass is 10.2. The summed E-state index contributed by atoms with van der Waals surface area (Å²) in [6, 6.07) is 11.1. The molecule has 0 saturated carbocycles. The minimum atomic E-state index is 0.260. The highest BCUT2D eigenvalue weighted by Crippen LogP contribution is 2.33. The fraction of sp³-hybridized carbons (Fsp3) is 0. The molecule has 2 heterocycles. The third-order valence-corrected chi connectivity index (χ3v) is 2.81. The molecule has 0 fully saturated rings. The van der Waals surface area contributed by atoms with E-state index in [1.807, 2.05) is 30.3 Å². The summed E-state index contributed by atoms with van der Waals surface area (Å²) in [5, 5.41) is 0.916. The number of nitrogen functional groups attached to an aromatic ring is 2. The molecule has 0 bridgehead atoms. The zero-order chi connectivity index (χ0) is 13.2. The van der Waals surface area contributed by atoms with Crippen LogP contribution in [0.2, 0.25) is 0 Å². The van der Waals surface area contributed by atoms with Gasteiger partial charge in [-0.25, -0.2) is 4.98 Å². The van der Waals surface area contributed by atoms with Gasteiger partial charge in [-0.2, -0.15) is 0 Å². The van der Waals surface area contributed by atoms with Crippen molar-refractivity contribution in [3.63, 3.8) is 0 Å². The lowest BCUT2D eigenvalue weighted by Gasteiger charge is -2.11. The molecule has 5 heteroatoms. The number of pyridine rings is 2. The topological polar surface area (TPSA) is 87.0 Å². The van der Waals surface area contributed by atoms with Crippen molar-refractivity contribution >= 4 is 22.4 Å². The number of hydrogen-bond donors (Lipinski definition) is 2. The average molecular weight is 252 g/mol. The first kappa shape index (κ1) is 11.3. The van der Waals surface area contributed by atoms with E-state index in [0.29, 0.717) is 17.2 Å². The Kier molecular flexibility index (Phi) is 2.64. The van der Waals surface area contributed by atoms with Gasteiger partial charge in [0.2, 0.25) is 0 Å². The first-order valence-corrected chi connectivity index (χ1v) is 5.77. The van der Waals surface area contributed by atoms with Gasteiger partial charge in [0.25, 0.3) is 0 Å². The average Bonchev–Trinajstić information content (AvgIpc) is 2.44. The zero-order valence-corrected chi connectivity index (χ0v) is 10.1. The van der Waals surface area contributed by atoms with E-state index in [9.17, 15) is 0 Å². The van der Waals surface area contributed by atoms with Gasteiger partial charge in [0.1, 0.15) is 17.3 Å². The van der Waals surface area contributed by atoms with Crippen molar-refractivity contribution in [1.82, 2.24) is 9.97 Å². The summed E-state index contributed by atoms with van der Waals surface area (Å²) in [5.74, 6) is 1.43. The summed E-state index contributed by atoms with van der Waals surface area (Å²) in [4.78, 5) is 8.18. The summed E-state index contributed by atoms with van der Waals surface area (Å²) in [5.41, 5.74) is 12.7. The number of anilines is 2. The van der Waals surface area contributed by atoms with Crippen molar-refractivity contribution in [3.8, 4) is 11.5 Å². The normalized spacial score (nSPS) is 10.5. The number of ether oxygens (including phenoxy) is 1. The fourth-order valence-electron chi connectivity index (χ4n) is 1.84. The van der Waals surface area contributed by atoms with Crippen LogP contribution in [0, 0.1) is 0 Å². The molecule has 4 N–H and O–H groups in total.